The van der Waals surface area contributed by atoms with Crippen LogP contribution in [0.3, 0.4) is 0 Å². The lowest BCUT2D eigenvalue weighted by atomic mass is 9.95. The van der Waals surface area contributed by atoms with Crippen LogP contribution >= 0.6 is 0 Å². The maximum Gasteiger partial charge on any atom is 0.300 e. The van der Waals surface area contributed by atoms with Crippen molar-refractivity contribution in [2.75, 3.05) is 11.5 Å². The molecule has 1 saturated heterocycles. The summed E-state index contributed by atoms with van der Waals surface area (Å²) in [6.07, 6.45) is 0.840. The molecule has 0 saturated carbocycles. The number of carbonyl (C=O) groups is 2. The van der Waals surface area contributed by atoms with Gasteiger partial charge in [-0.2, -0.15) is 0 Å². The van der Waals surface area contributed by atoms with Crippen molar-refractivity contribution >= 4 is 23.1 Å². The van der Waals surface area contributed by atoms with Gasteiger partial charge in [0.25, 0.3) is 11.7 Å². The van der Waals surface area contributed by atoms with Crippen molar-refractivity contribution in [1.82, 2.24) is 0 Å². The molecule has 1 aliphatic rings. The summed E-state index contributed by atoms with van der Waals surface area (Å²) in [7, 11) is 0. The molecule has 1 aliphatic heterocycles. The van der Waals surface area contributed by atoms with E-state index < -0.39 is 29.4 Å². The van der Waals surface area contributed by atoms with E-state index in [-0.39, 0.29) is 17.0 Å². The summed E-state index contributed by atoms with van der Waals surface area (Å²) in [5.74, 6) is -2.51. The summed E-state index contributed by atoms with van der Waals surface area (Å²) in [5.41, 5.74) is 0.876. The highest BCUT2D eigenvalue weighted by Crippen LogP contribution is 2.42. The van der Waals surface area contributed by atoms with E-state index in [0.717, 1.165) is 6.42 Å². The molecule has 1 N–H and O–H groups in total. The summed E-state index contributed by atoms with van der Waals surface area (Å²) in [6, 6.07) is 15.9. The molecular formula is C26H21F2NO4. The predicted molar refractivity (Wildman–Crippen MR) is 120 cm³/mol. The first-order valence-electron chi connectivity index (χ1n) is 10.5. The van der Waals surface area contributed by atoms with Crippen LogP contribution in [-0.2, 0) is 9.59 Å². The molecule has 3 aromatic rings. The molecule has 0 bridgehead atoms. The number of aliphatic hydroxyl groups is 1. The number of hydrogen-bond donors (Lipinski definition) is 1. The number of amides is 1. The van der Waals surface area contributed by atoms with Gasteiger partial charge in [0.2, 0.25) is 0 Å². The highest BCUT2D eigenvalue weighted by atomic mass is 19.1. The van der Waals surface area contributed by atoms with Crippen molar-refractivity contribution < 1.29 is 28.2 Å². The van der Waals surface area contributed by atoms with Gasteiger partial charge in [0, 0.05) is 11.3 Å². The number of ether oxygens (including phenoxy) is 1. The Morgan fingerprint density at radius 3 is 2.06 bits per heavy atom. The first-order chi connectivity index (χ1) is 15.9. The second-order valence-corrected chi connectivity index (χ2v) is 7.57. The van der Waals surface area contributed by atoms with Crippen LogP contribution in [0, 0.1) is 11.6 Å². The number of aliphatic hydroxyl groups excluding tert-OH is 1. The average molecular weight is 449 g/mol. The zero-order valence-corrected chi connectivity index (χ0v) is 17.8. The Labute approximate surface area is 189 Å². The Balaban J connectivity index is 1.84. The maximum atomic E-state index is 13.6. The maximum absolute atomic E-state index is 13.6. The number of rotatable bonds is 6. The van der Waals surface area contributed by atoms with Crippen molar-refractivity contribution in [3.8, 4) is 5.75 Å². The van der Waals surface area contributed by atoms with E-state index in [1.165, 1.54) is 53.4 Å². The number of Topliss-reactive ketones (excluding diaryl/α,β-unsaturated/α-hetero) is 1. The van der Waals surface area contributed by atoms with Gasteiger partial charge in [0.15, 0.2) is 0 Å². The van der Waals surface area contributed by atoms with Crippen LogP contribution in [0.2, 0.25) is 0 Å². The molecule has 3 aromatic carbocycles. The normalized spacial score (nSPS) is 17.4. The molecule has 1 fully saturated rings. The van der Waals surface area contributed by atoms with Crippen molar-refractivity contribution in [2.24, 2.45) is 0 Å². The van der Waals surface area contributed by atoms with Gasteiger partial charge in [-0.1, -0.05) is 19.1 Å². The monoisotopic (exact) mass is 449 g/mol. The third-order valence-corrected chi connectivity index (χ3v) is 5.34. The van der Waals surface area contributed by atoms with Crippen molar-refractivity contribution in [3.63, 3.8) is 0 Å². The molecule has 0 spiro atoms. The number of benzene rings is 3. The van der Waals surface area contributed by atoms with Crippen LogP contribution in [0.1, 0.15) is 30.5 Å². The van der Waals surface area contributed by atoms with Crippen molar-refractivity contribution in [1.29, 1.82) is 0 Å². The molecular weight excluding hydrogens is 428 g/mol. The number of carbonyl (C=O) groups excluding carboxylic acids is 2. The standard InChI is InChI=1S/C26H21F2NO4/c1-2-15-33-21-13-5-17(6-14-21)24(30)22-23(16-3-7-18(27)8-4-16)29(26(32)25(22)31)20-11-9-19(28)10-12-20/h3-14,23,30H,2,15H2,1H3/b24-22+. The van der Waals surface area contributed by atoms with Gasteiger partial charge in [-0.3, -0.25) is 14.5 Å². The highest BCUT2D eigenvalue weighted by molar-refractivity contribution is 6.51. The van der Waals surface area contributed by atoms with E-state index in [2.05, 4.69) is 0 Å². The summed E-state index contributed by atoms with van der Waals surface area (Å²) in [5, 5.41) is 11.1. The Kier molecular flexibility index (Phi) is 6.22. The average Bonchev–Trinajstić information content (AvgIpc) is 3.09. The molecule has 1 amide bonds. The third kappa shape index (κ3) is 4.35. The molecule has 33 heavy (non-hydrogen) atoms. The second-order valence-electron chi connectivity index (χ2n) is 7.57. The largest absolute Gasteiger partial charge is 0.507 e. The molecule has 168 valence electrons. The fraction of sp³-hybridized carbons (Fsp3) is 0.154. The Morgan fingerprint density at radius 2 is 1.48 bits per heavy atom. The van der Waals surface area contributed by atoms with Crippen LogP contribution in [0.4, 0.5) is 14.5 Å². The van der Waals surface area contributed by atoms with Crippen LogP contribution in [0.15, 0.2) is 78.4 Å². The minimum absolute atomic E-state index is 0.141. The smallest absolute Gasteiger partial charge is 0.300 e. The lowest BCUT2D eigenvalue weighted by Crippen LogP contribution is -2.29. The second kappa shape index (κ2) is 9.24. The molecule has 1 heterocycles. The van der Waals surface area contributed by atoms with Gasteiger partial charge in [-0.05, 0) is 72.6 Å². The first kappa shape index (κ1) is 22.2. The number of anilines is 1. The van der Waals surface area contributed by atoms with Gasteiger partial charge in [-0.15, -0.1) is 0 Å². The topological polar surface area (TPSA) is 66.8 Å². The van der Waals surface area contributed by atoms with Gasteiger partial charge in [0.05, 0.1) is 18.2 Å². The first-order valence-corrected chi connectivity index (χ1v) is 10.5. The summed E-state index contributed by atoms with van der Waals surface area (Å²) in [4.78, 5) is 27.2. The van der Waals surface area contributed by atoms with Gasteiger partial charge in [-0.25, -0.2) is 8.78 Å². The van der Waals surface area contributed by atoms with Crippen LogP contribution in [0.5, 0.6) is 5.75 Å². The van der Waals surface area contributed by atoms with E-state index in [4.69, 9.17) is 4.74 Å². The number of halogens is 2. The Bertz CT molecular complexity index is 1200. The SMILES string of the molecule is CCCOc1ccc(/C(O)=C2\C(=O)C(=O)N(c3ccc(F)cc3)C2c2ccc(F)cc2)cc1. The van der Waals surface area contributed by atoms with Crippen LogP contribution in [0.25, 0.3) is 5.76 Å². The number of hydrogen-bond acceptors (Lipinski definition) is 4. The van der Waals surface area contributed by atoms with Crippen molar-refractivity contribution in [3.05, 3.63) is 101 Å². The lowest BCUT2D eigenvalue weighted by Gasteiger charge is -2.25. The van der Waals surface area contributed by atoms with Gasteiger partial charge in [0.1, 0.15) is 23.1 Å². The van der Waals surface area contributed by atoms with Crippen molar-refractivity contribution in [2.45, 2.75) is 19.4 Å². The lowest BCUT2D eigenvalue weighted by molar-refractivity contribution is -0.132. The quantitative estimate of drug-likeness (QED) is 0.312. The third-order valence-electron chi connectivity index (χ3n) is 5.34. The summed E-state index contributed by atoms with van der Waals surface area (Å²) in [6.45, 7) is 2.52. The van der Waals surface area contributed by atoms with E-state index in [0.29, 0.717) is 23.5 Å². The number of nitrogens with zero attached hydrogens (tertiary/aromatic N) is 1. The molecule has 1 unspecified atom stereocenters. The van der Waals surface area contributed by atoms with E-state index in [9.17, 15) is 23.5 Å². The fourth-order valence-electron chi connectivity index (χ4n) is 3.75. The molecule has 7 heteroatoms. The van der Waals surface area contributed by atoms with Crippen LogP contribution < -0.4 is 9.64 Å². The molecule has 1 atom stereocenters. The summed E-state index contributed by atoms with van der Waals surface area (Å²) < 4.78 is 32.6. The van der Waals surface area contributed by atoms with E-state index >= 15 is 0 Å². The Morgan fingerprint density at radius 1 is 0.909 bits per heavy atom. The molecule has 0 aromatic heterocycles. The molecule has 0 aliphatic carbocycles. The highest BCUT2D eigenvalue weighted by Gasteiger charge is 2.46. The minimum Gasteiger partial charge on any atom is -0.507 e. The molecule has 5 nitrogen and oxygen atoms in total. The fourth-order valence-corrected chi connectivity index (χ4v) is 3.75. The zero-order valence-electron chi connectivity index (χ0n) is 17.8. The van der Waals surface area contributed by atoms with E-state index in [1.54, 1.807) is 24.3 Å². The van der Waals surface area contributed by atoms with E-state index in [1.807, 2.05) is 6.92 Å². The zero-order chi connectivity index (χ0) is 23.5. The number of ketones is 1. The summed E-state index contributed by atoms with van der Waals surface area (Å²) >= 11 is 0. The van der Waals surface area contributed by atoms with Gasteiger partial charge >= 0.3 is 0 Å². The van der Waals surface area contributed by atoms with Gasteiger partial charge < -0.3 is 9.84 Å². The predicted octanol–water partition coefficient (Wildman–Crippen LogP) is 5.38. The minimum atomic E-state index is -1.02. The molecule has 4 rings (SSSR count). The molecule has 0 radical (unpaired) electrons. The van der Waals surface area contributed by atoms with Crippen LogP contribution in [-0.4, -0.2) is 23.4 Å². The Hall–Kier alpha value is -4.00.